The standard InChI is InChI=1S/C14H20N2O3/c1-10(17)12(9-11-5-7-15-8-6-11)16-13(18)19-14(2,3)4/h5-8,12H,9H2,1-4H3,(H,16,18)/t12-/m1/s1. The molecule has 0 saturated carbocycles. The Labute approximate surface area is 113 Å². The summed E-state index contributed by atoms with van der Waals surface area (Å²) in [6.45, 7) is 6.78. The number of nitrogens with zero attached hydrogens (tertiary/aromatic N) is 1. The van der Waals surface area contributed by atoms with E-state index in [4.69, 9.17) is 4.74 Å². The van der Waals surface area contributed by atoms with Crippen molar-refractivity contribution < 1.29 is 14.3 Å². The zero-order valence-corrected chi connectivity index (χ0v) is 11.8. The van der Waals surface area contributed by atoms with E-state index in [1.807, 2.05) is 12.1 Å². The molecule has 0 radical (unpaired) electrons. The van der Waals surface area contributed by atoms with E-state index in [-0.39, 0.29) is 5.78 Å². The number of amides is 1. The molecule has 1 atom stereocenters. The van der Waals surface area contributed by atoms with E-state index in [0.29, 0.717) is 6.42 Å². The molecule has 19 heavy (non-hydrogen) atoms. The first-order valence-electron chi connectivity index (χ1n) is 6.17. The van der Waals surface area contributed by atoms with Crippen LogP contribution in [0.5, 0.6) is 0 Å². The highest BCUT2D eigenvalue weighted by Gasteiger charge is 2.22. The molecule has 0 saturated heterocycles. The molecular weight excluding hydrogens is 244 g/mol. The minimum Gasteiger partial charge on any atom is -0.444 e. The molecule has 0 unspecified atom stereocenters. The molecule has 0 bridgehead atoms. The maximum atomic E-state index is 11.7. The van der Waals surface area contributed by atoms with Gasteiger partial charge < -0.3 is 10.1 Å². The lowest BCUT2D eigenvalue weighted by Gasteiger charge is -2.22. The maximum Gasteiger partial charge on any atom is 0.408 e. The topological polar surface area (TPSA) is 68.3 Å². The lowest BCUT2D eigenvalue weighted by molar-refractivity contribution is -0.119. The van der Waals surface area contributed by atoms with E-state index in [1.54, 1.807) is 33.2 Å². The minimum absolute atomic E-state index is 0.109. The fourth-order valence-electron chi connectivity index (χ4n) is 1.50. The lowest BCUT2D eigenvalue weighted by Crippen LogP contribution is -2.43. The molecule has 5 heteroatoms. The second kappa shape index (κ2) is 6.31. The summed E-state index contributed by atoms with van der Waals surface area (Å²) in [5.74, 6) is -0.109. The van der Waals surface area contributed by atoms with Crippen LogP contribution in [0.1, 0.15) is 33.3 Å². The van der Waals surface area contributed by atoms with Crippen LogP contribution in [0.15, 0.2) is 24.5 Å². The van der Waals surface area contributed by atoms with Crippen LogP contribution in [-0.4, -0.2) is 28.5 Å². The Morgan fingerprint density at radius 1 is 1.32 bits per heavy atom. The predicted octanol–water partition coefficient (Wildman–Crippen LogP) is 2.11. The number of nitrogens with one attached hydrogen (secondary N) is 1. The number of Topliss-reactive ketones (excluding diaryl/α,β-unsaturated/α-hetero) is 1. The number of hydrogen-bond acceptors (Lipinski definition) is 4. The van der Waals surface area contributed by atoms with E-state index in [9.17, 15) is 9.59 Å². The summed E-state index contributed by atoms with van der Waals surface area (Å²) in [6, 6.07) is 3.04. The van der Waals surface area contributed by atoms with Gasteiger partial charge in [0.05, 0.1) is 6.04 Å². The number of pyridine rings is 1. The summed E-state index contributed by atoms with van der Waals surface area (Å²) in [5, 5.41) is 2.59. The molecule has 1 aromatic rings. The third-order valence-electron chi connectivity index (χ3n) is 2.37. The van der Waals surface area contributed by atoms with Crippen LogP contribution in [0.25, 0.3) is 0 Å². The Hall–Kier alpha value is -1.91. The number of ether oxygens (including phenoxy) is 1. The Morgan fingerprint density at radius 2 is 1.89 bits per heavy atom. The summed E-state index contributed by atoms with van der Waals surface area (Å²) in [5.41, 5.74) is 0.355. The van der Waals surface area contributed by atoms with Gasteiger partial charge in [0.15, 0.2) is 5.78 Å². The van der Waals surface area contributed by atoms with Gasteiger partial charge in [0.2, 0.25) is 0 Å². The Morgan fingerprint density at radius 3 is 2.37 bits per heavy atom. The highest BCUT2D eigenvalue weighted by atomic mass is 16.6. The number of carbonyl (C=O) groups is 2. The van der Waals surface area contributed by atoms with E-state index >= 15 is 0 Å². The summed E-state index contributed by atoms with van der Waals surface area (Å²) in [6.07, 6.45) is 3.15. The number of carbonyl (C=O) groups excluding carboxylic acids is 2. The molecule has 1 amide bonds. The number of ketones is 1. The smallest absolute Gasteiger partial charge is 0.408 e. The quantitative estimate of drug-likeness (QED) is 0.904. The number of alkyl carbamates (subject to hydrolysis) is 1. The normalized spacial score (nSPS) is 12.6. The van der Waals surface area contributed by atoms with Crippen molar-refractivity contribution in [1.82, 2.24) is 10.3 Å². The average molecular weight is 264 g/mol. The van der Waals surface area contributed by atoms with Gasteiger partial charge in [-0.1, -0.05) is 0 Å². The third-order valence-corrected chi connectivity index (χ3v) is 2.37. The Balaban J connectivity index is 2.64. The maximum absolute atomic E-state index is 11.7. The second-order valence-corrected chi connectivity index (χ2v) is 5.37. The van der Waals surface area contributed by atoms with Crippen LogP contribution in [0.4, 0.5) is 4.79 Å². The zero-order chi connectivity index (χ0) is 14.5. The molecule has 5 nitrogen and oxygen atoms in total. The minimum atomic E-state index is -0.586. The van der Waals surface area contributed by atoms with Gasteiger partial charge in [-0.15, -0.1) is 0 Å². The molecule has 1 heterocycles. The van der Waals surface area contributed by atoms with Gasteiger partial charge in [-0.2, -0.15) is 0 Å². The Bertz CT molecular complexity index is 438. The van der Waals surface area contributed by atoms with E-state index in [2.05, 4.69) is 10.3 Å². The van der Waals surface area contributed by atoms with Gasteiger partial charge in [-0.05, 0) is 51.8 Å². The number of aromatic nitrogens is 1. The molecule has 0 aliphatic heterocycles. The van der Waals surface area contributed by atoms with Crippen LogP contribution in [0, 0.1) is 0 Å². The summed E-state index contributed by atoms with van der Waals surface area (Å²) in [7, 11) is 0. The molecule has 0 aromatic carbocycles. The van der Waals surface area contributed by atoms with Crippen LogP contribution in [-0.2, 0) is 16.0 Å². The van der Waals surface area contributed by atoms with Crippen molar-refractivity contribution in [2.45, 2.75) is 45.8 Å². The van der Waals surface area contributed by atoms with Crippen LogP contribution in [0.2, 0.25) is 0 Å². The zero-order valence-electron chi connectivity index (χ0n) is 11.8. The highest BCUT2D eigenvalue weighted by Crippen LogP contribution is 2.08. The number of rotatable bonds is 4. The molecule has 1 N–H and O–H groups in total. The predicted molar refractivity (Wildman–Crippen MR) is 71.8 cm³/mol. The molecule has 104 valence electrons. The van der Waals surface area contributed by atoms with Gasteiger partial charge in [-0.3, -0.25) is 9.78 Å². The second-order valence-electron chi connectivity index (χ2n) is 5.37. The summed E-state index contributed by atoms with van der Waals surface area (Å²) < 4.78 is 5.14. The monoisotopic (exact) mass is 264 g/mol. The van der Waals surface area contributed by atoms with Gasteiger partial charge in [0.25, 0.3) is 0 Å². The van der Waals surface area contributed by atoms with Crippen molar-refractivity contribution in [2.24, 2.45) is 0 Å². The van der Waals surface area contributed by atoms with Crippen molar-refractivity contribution in [3.05, 3.63) is 30.1 Å². The fraction of sp³-hybridized carbons (Fsp3) is 0.500. The van der Waals surface area contributed by atoms with Crippen molar-refractivity contribution in [3.63, 3.8) is 0 Å². The van der Waals surface area contributed by atoms with Gasteiger partial charge in [0.1, 0.15) is 5.60 Å². The summed E-state index contributed by atoms with van der Waals surface area (Å²) >= 11 is 0. The lowest BCUT2D eigenvalue weighted by atomic mass is 10.0. The Kier molecular flexibility index (Phi) is 5.03. The van der Waals surface area contributed by atoms with E-state index in [0.717, 1.165) is 5.56 Å². The van der Waals surface area contributed by atoms with Crippen molar-refractivity contribution >= 4 is 11.9 Å². The van der Waals surface area contributed by atoms with Crippen LogP contribution >= 0.6 is 0 Å². The third kappa shape index (κ3) is 5.99. The molecule has 0 spiro atoms. The van der Waals surface area contributed by atoms with Crippen molar-refractivity contribution in [2.75, 3.05) is 0 Å². The van der Waals surface area contributed by atoms with Crippen molar-refractivity contribution in [3.8, 4) is 0 Å². The first-order chi connectivity index (χ1) is 8.78. The molecule has 0 aliphatic carbocycles. The highest BCUT2D eigenvalue weighted by molar-refractivity contribution is 5.85. The molecule has 1 aromatic heterocycles. The van der Waals surface area contributed by atoms with Gasteiger partial charge in [0, 0.05) is 12.4 Å². The molecule has 0 aliphatic rings. The SMILES string of the molecule is CC(=O)[C@@H](Cc1ccncc1)NC(=O)OC(C)(C)C. The van der Waals surface area contributed by atoms with Crippen LogP contribution < -0.4 is 5.32 Å². The molecule has 1 rings (SSSR count). The average Bonchev–Trinajstić information content (AvgIpc) is 2.26. The molecule has 0 fully saturated rings. The largest absolute Gasteiger partial charge is 0.444 e. The van der Waals surface area contributed by atoms with Crippen molar-refractivity contribution in [1.29, 1.82) is 0 Å². The molecular formula is C14H20N2O3. The first-order valence-corrected chi connectivity index (χ1v) is 6.17. The first kappa shape index (κ1) is 15.1. The van der Waals surface area contributed by atoms with E-state index < -0.39 is 17.7 Å². The van der Waals surface area contributed by atoms with E-state index in [1.165, 1.54) is 6.92 Å². The summed E-state index contributed by atoms with van der Waals surface area (Å²) in [4.78, 5) is 27.1. The van der Waals surface area contributed by atoms with Crippen LogP contribution in [0.3, 0.4) is 0 Å². The van der Waals surface area contributed by atoms with Gasteiger partial charge >= 0.3 is 6.09 Å². The number of hydrogen-bond donors (Lipinski definition) is 1. The fourth-order valence-corrected chi connectivity index (χ4v) is 1.50. The van der Waals surface area contributed by atoms with Gasteiger partial charge in [-0.25, -0.2) is 4.79 Å².